The molecule has 2 aromatic carbocycles. The Balaban J connectivity index is 1.77. The van der Waals surface area contributed by atoms with Crippen LogP contribution in [0.4, 0.5) is 0 Å². The van der Waals surface area contributed by atoms with E-state index in [0.29, 0.717) is 54.7 Å². The van der Waals surface area contributed by atoms with Gasteiger partial charge in [-0.3, -0.25) is 9.59 Å². The molecule has 2 heterocycles. The van der Waals surface area contributed by atoms with Gasteiger partial charge >= 0.3 is 0 Å². The molecule has 9 nitrogen and oxygen atoms in total. The zero-order valence-corrected chi connectivity index (χ0v) is 20.2. The zero-order chi connectivity index (χ0) is 24.9. The number of aliphatic hydroxyl groups is 1. The van der Waals surface area contributed by atoms with E-state index in [0.717, 1.165) is 13.1 Å². The molecule has 0 unspecified atom stereocenters. The van der Waals surface area contributed by atoms with Crippen molar-refractivity contribution in [3.63, 3.8) is 0 Å². The molecule has 0 radical (unpaired) electrons. The second kappa shape index (κ2) is 10.8. The fraction of sp³-hybridized carbons (Fsp3) is 0.385. The molecule has 0 spiro atoms. The van der Waals surface area contributed by atoms with E-state index in [4.69, 9.17) is 18.9 Å². The Morgan fingerprint density at radius 2 is 1.69 bits per heavy atom. The topological polar surface area (TPSA) is 99.0 Å². The largest absolute Gasteiger partial charge is 0.507 e. The molecular formula is C26H31N2O7+. The van der Waals surface area contributed by atoms with Crippen molar-refractivity contribution in [2.24, 2.45) is 0 Å². The summed E-state index contributed by atoms with van der Waals surface area (Å²) in [6.07, 6.45) is 0. The number of carbonyl (C=O) groups excluding carboxylic acids is 2. The maximum Gasteiger partial charge on any atom is 0.295 e. The smallest absolute Gasteiger partial charge is 0.295 e. The van der Waals surface area contributed by atoms with E-state index in [1.807, 2.05) is 0 Å². The fourth-order valence-corrected chi connectivity index (χ4v) is 4.57. The Bertz CT molecular complexity index is 1110. The summed E-state index contributed by atoms with van der Waals surface area (Å²) >= 11 is 0. The van der Waals surface area contributed by atoms with Crippen LogP contribution in [0.2, 0.25) is 0 Å². The number of carbonyl (C=O) groups is 2. The van der Waals surface area contributed by atoms with Gasteiger partial charge in [-0.05, 0) is 42.0 Å². The molecular weight excluding hydrogens is 452 g/mol. The first kappa shape index (κ1) is 24.6. The van der Waals surface area contributed by atoms with Gasteiger partial charge in [-0.15, -0.1) is 0 Å². The van der Waals surface area contributed by atoms with Gasteiger partial charge in [0.1, 0.15) is 24.6 Å². The first-order valence-corrected chi connectivity index (χ1v) is 11.5. The van der Waals surface area contributed by atoms with Crippen molar-refractivity contribution in [3.8, 4) is 17.2 Å². The van der Waals surface area contributed by atoms with Gasteiger partial charge in [0.25, 0.3) is 11.7 Å². The molecule has 0 aliphatic carbocycles. The van der Waals surface area contributed by atoms with Crippen LogP contribution in [-0.2, 0) is 14.3 Å². The predicted octanol–water partition coefficient (Wildman–Crippen LogP) is 1.05. The molecule has 4 rings (SSSR count). The lowest BCUT2D eigenvalue weighted by Crippen LogP contribution is -3.14. The molecule has 2 N–H and O–H groups in total. The number of methoxy groups -OCH3 is 3. The standard InChI is InChI=1S/C26H30N2O7/c1-32-19-7-4-17(5-8-19)24(29)22-23(18-6-9-20(33-2)21(16-18)34-3)28(26(31)25(22)30)11-10-27-12-14-35-15-13-27/h4-9,16,23,29H,10-15H2,1-3H3/p+1/t23-/m0/s1. The number of amides is 1. The van der Waals surface area contributed by atoms with E-state index in [9.17, 15) is 14.7 Å². The number of Topliss-reactive ketones (excluding diaryl/α,β-unsaturated/α-hetero) is 1. The van der Waals surface area contributed by atoms with Crippen LogP contribution in [-0.4, -0.2) is 82.4 Å². The second-order valence-corrected chi connectivity index (χ2v) is 8.45. The summed E-state index contributed by atoms with van der Waals surface area (Å²) in [4.78, 5) is 29.3. The Kier molecular flexibility index (Phi) is 7.57. The zero-order valence-electron chi connectivity index (χ0n) is 20.2. The van der Waals surface area contributed by atoms with Gasteiger partial charge in [0.05, 0.1) is 59.2 Å². The van der Waals surface area contributed by atoms with Crippen molar-refractivity contribution in [1.82, 2.24) is 4.90 Å². The van der Waals surface area contributed by atoms with Crippen LogP contribution in [0.5, 0.6) is 17.2 Å². The molecule has 2 aliphatic rings. The average Bonchev–Trinajstić information content (AvgIpc) is 3.16. The lowest BCUT2D eigenvalue weighted by atomic mass is 9.95. The van der Waals surface area contributed by atoms with Gasteiger partial charge in [-0.25, -0.2) is 0 Å². The number of benzene rings is 2. The van der Waals surface area contributed by atoms with Gasteiger partial charge < -0.3 is 33.9 Å². The highest BCUT2D eigenvalue weighted by Crippen LogP contribution is 2.41. The van der Waals surface area contributed by atoms with Crippen LogP contribution < -0.4 is 19.1 Å². The molecule has 2 aliphatic heterocycles. The van der Waals surface area contributed by atoms with Gasteiger partial charge in [0.2, 0.25) is 0 Å². The summed E-state index contributed by atoms with van der Waals surface area (Å²) in [5, 5.41) is 11.2. The SMILES string of the molecule is COc1ccc(C(O)=C2C(=O)C(=O)N(CC[NH+]3CCOCC3)[C@H]2c2ccc(OC)c(OC)c2)cc1. The van der Waals surface area contributed by atoms with Crippen LogP contribution in [0.3, 0.4) is 0 Å². The maximum atomic E-state index is 13.2. The molecule has 2 aromatic rings. The molecule has 2 fully saturated rings. The number of hydrogen-bond acceptors (Lipinski definition) is 7. The monoisotopic (exact) mass is 483 g/mol. The Morgan fingerprint density at radius 1 is 1.00 bits per heavy atom. The third-order valence-corrected chi connectivity index (χ3v) is 6.53. The number of rotatable bonds is 8. The van der Waals surface area contributed by atoms with Gasteiger partial charge in [-0.1, -0.05) is 6.07 Å². The predicted molar refractivity (Wildman–Crippen MR) is 128 cm³/mol. The number of morpholine rings is 1. The fourth-order valence-electron chi connectivity index (χ4n) is 4.57. The Morgan fingerprint density at radius 3 is 2.31 bits per heavy atom. The van der Waals surface area contributed by atoms with Crippen LogP contribution in [0.25, 0.3) is 5.76 Å². The molecule has 0 saturated carbocycles. The van der Waals surface area contributed by atoms with Crippen molar-refractivity contribution >= 4 is 17.4 Å². The number of ketones is 1. The summed E-state index contributed by atoms with van der Waals surface area (Å²) in [6, 6.07) is 11.2. The van der Waals surface area contributed by atoms with E-state index < -0.39 is 17.7 Å². The van der Waals surface area contributed by atoms with E-state index in [1.54, 1.807) is 61.6 Å². The van der Waals surface area contributed by atoms with Gasteiger partial charge in [0, 0.05) is 5.56 Å². The van der Waals surface area contributed by atoms with E-state index in [-0.39, 0.29) is 11.3 Å². The summed E-state index contributed by atoms with van der Waals surface area (Å²) in [7, 11) is 4.62. The molecule has 186 valence electrons. The first-order valence-electron chi connectivity index (χ1n) is 11.5. The molecule has 9 heteroatoms. The highest BCUT2D eigenvalue weighted by molar-refractivity contribution is 6.46. The summed E-state index contributed by atoms with van der Waals surface area (Å²) in [5.41, 5.74) is 1.12. The van der Waals surface area contributed by atoms with Crippen molar-refractivity contribution in [2.75, 3.05) is 60.7 Å². The number of nitrogens with one attached hydrogen (secondary N) is 1. The highest BCUT2D eigenvalue weighted by Gasteiger charge is 2.46. The maximum absolute atomic E-state index is 13.2. The van der Waals surface area contributed by atoms with Crippen LogP contribution in [0, 0.1) is 0 Å². The number of hydrogen-bond donors (Lipinski definition) is 2. The van der Waals surface area contributed by atoms with E-state index >= 15 is 0 Å². The molecule has 0 aromatic heterocycles. The highest BCUT2D eigenvalue weighted by atomic mass is 16.5. The number of nitrogens with zero attached hydrogens (tertiary/aromatic N) is 1. The molecule has 2 saturated heterocycles. The van der Waals surface area contributed by atoms with Gasteiger partial charge in [-0.2, -0.15) is 0 Å². The molecule has 0 bridgehead atoms. The molecule has 35 heavy (non-hydrogen) atoms. The van der Waals surface area contributed by atoms with Crippen LogP contribution >= 0.6 is 0 Å². The van der Waals surface area contributed by atoms with Crippen LogP contribution in [0.15, 0.2) is 48.0 Å². The Labute approximate surface area is 204 Å². The van der Waals surface area contributed by atoms with Crippen molar-refractivity contribution in [1.29, 1.82) is 0 Å². The molecule has 1 amide bonds. The quantitative estimate of drug-likeness (QED) is 0.329. The number of likely N-dealkylation sites (tertiary alicyclic amines) is 1. The molecule has 1 atom stereocenters. The minimum Gasteiger partial charge on any atom is -0.507 e. The first-order chi connectivity index (χ1) is 17.0. The average molecular weight is 484 g/mol. The summed E-state index contributed by atoms with van der Waals surface area (Å²) in [6.45, 7) is 4.06. The van der Waals surface area contributed by atoms with Crippen molar-refractivity contribution in [3.05, 3.63) is 59.2 Å². The summed E-state index contributed by atoms with van der Waals surface area (Å²) in [5.74, 6) is 0.0430. The van der Waals surface area contributed by atoms with Crippen LogP contribution in [0.1, 0.15) is 17.2 Å². The second-order valence-electron chi connectivity index (χ2n) is 8.45. The Hall–Kier alpha value is -3.56. The van der Waals surface area contributed by atoms with E-state index in [2.05, 4.69) is 0 Å². The normalized spacial score (nSPS) is 20.2. The van der Waals surface area contributed by atoms with Crippen molar-refractivity contribution < 1.29 is 38.5 Å². The number of quaternary nitrogens is 1. The minimum atomic E-state index is -0.766. The minimum absolute atomic E-state index is 0.0457. The third-order valence-electron chi connectivity index (χ3n) is 6.53. The number of ether oxygens (including phenoxy) is 4. The lowest BCUT2D eigenvalue weighted by molar-refractivity contribution is -0.907. The van der Waals surface area contributed by atoms with E-state index in [1.165, 1.54) is 12.0 Å². The van der Waals surface area contributed by atoms with Gasteiger partial charge in [0.15, 0.2) is 11.5 Å². The lowest BCUT2D eigenvalue weighted by Gasteiger charge is -2.29. The van der Waals surface area contributed by atoms with Crippen molar-refractivity contribution in [2.45, 2.75) is 6.04 Å². The number of aliphatic hydroxyl groups excluding tert-OH is 1. The third kappa shape index (κ3) is 4.96. The summed E-state index contributed by atoms with van der Waals surface area (Å²) < 4.78 is 21.4.